The van der Waals surface area contributed by atoms with Crippen molar-refractivity contribution in [2.24, 2.45) is 0 Å². The SMILES string of the molecule is OCC(CCl)OP(O)O. The van der Waals surface area contributed by atoms with Crippen LogP contribution in [0.5, 0.6) is 0 Å². The maximum atomic E-state index is 8.35. The molecule has 0 aromatic heterocycles. The molecule has 4 nitrogen and oxygen atoms in total. The number of hydrogen-bond acceptors (Lipinski definition) is 4. The fraction of sp³-hybridized carbons (Fsp3) is 1.00. The molecule has 0 spiro atoms. The van der Waals surface area contributed by atoms with Crippen LogP contribution in [0.1, 0.15) is 0 Å². The lowest BCUT2D eigenvalue weighted by Gasteiger charge is -2.10. The van der Waals surface area contributed by atoms with Gasteiger partial charge in [0.05, 0.1) is 12.5 Å². The van der Waals surface area contributed by atoms with E-state index in [0.29, 0.717) is 0 Å². The molecule has 0 saturated heterocycles. The Balaban J connectivity index is 3.31. The summed E-state index contributed by atoms with van der Waals surface area (Å²) in [7, 11) is -2.40. The van der Waals surface area contributed by atoms with Gasteiger partial charge in [0.1, 0.15) is 6.10 Å². The molecule has 0 fully saturated rings. The lowest BCUT2D eigenvalue weighted by molar-refractivity contribution is 0.116. The van der Waals surface area contributed by atoms with Gasteiger partial charge < -0.3 is 19.4 Å². The first-order valence-corrected chi connectivity index (χ1v) is 3.92. The summed E-state index contributed by atoms with van der Waals surface area (Å²) in [5.41, 5.74) is 0. The standard InChI is InChI=1S/C3H8ClO4P/c4-1-3(2-5)8-9(6)7/h3,5-7H,1-2H2. The molecule has 0 aliphatic heterocycles. The van der Waals surface area contributed by atoms with E-state index in [1.54, 1.807) is 0 Å². The van der Waals surface area contributed by atoms with E-state index in [4.69, 9.17) is 26.5 Å². The van der Waals surface area contributed by atoms with Crippen LogP contribution in [0.2, 0.25) is 0 Å². The van der Waals surface area contributed by atoms with E-state index in [2.05, 4.69) is 4.52 Å². The van der Waals surface area contributed by atoms with Crippen molar-refractivity contribution in [3.63, 3.8) is 0 Å². The molecule has 0 radical (unpaired) electrons. The van der Waals surface area contributed by atoms with Crippen molar-refractivity contribution >= 4 is 20.2 Å². The second-order valence-corrected chi connectivity index (χ2v) is 2.34. The highest BCUT2D eigenvalue weighted by molar-refractivity contribution is 7.39. The highest BCUT2D eigenvalue weighted by Crippen LogP contribution is 2.26. The van der Waals surface area contributed by atoms with Crippen molar-refractivity contribution < 1.29 is 19.4 Å². The Labute approximate surface area is 59.0 Å². The monoisotopic (exact) mass is 174 g/mol. The maximum absolute atomic E-state index is 8.35. The molecule has 1 unspecified atom stereocenters. The number of halogens is 1. The van der Waals surface area contributed by atoms with Crippen LogP contribution in [0.25, 0.3) is 0 Å². The molecule has 6 heteroatoms. The normalized spacial score (nSPS) is 14.3. The smallest absolute Gasteiger partial charge is 0.327 e. The predicted octanol–water partition coefficient (Wildman–Crippen LogP) is -0.186. The van der Waals surface area contributed by atoms with Crippen LogP contribution in [0.15, 0.2) is 0 Å². The largest absolute Gasteiger partial charge is 0.394 e. The third-order valence-electron chi connectivity index (χ3n) is 0.619. The van der Waals surface area contributed by atoms with E-state index in [1.807, 2.05) is 0 Å². The van der Waals surface area contributed by atoms with Gasteiger partial charge in [0.25, 0.3) is 0 Å². The van der Waals surface area contributed by atoms with Gasteiger partial charge in [-0.05, 0) is 0 Å². The van der Waals surface area contributed by atoms with Gasteiger partial charge in [-0.2, -0.15) is 0 Å². The number of aliphatic hydroxyl groups is 1. The van der Waals surface area contributed by atoms with Gasteiger partial charge >= 0.3 is 8.60 Å². The number of hydrogen-bond donors (Lipinski definition) is 3. The first-order chi connectivity index (χ1) is 4.20. The van der Waals surface area contributed by atoms with Crippen LogP contribution in [-0.4, -0.2) is 33.5 Å². The van der Waals surface area contributed by atoms with Crippen LogP contribution in [0, 0.1) is 0 Å². The molecule has 9 heavy (non-hydrogen) atoms. The lowest BCUT2D eigenvalue weighted by atomic mass is 10.4. The Morgan fingerprint density at radius 3 is 2.22 bits per heavy atom. The Bertz CT molecular complexity index is 66.8. The van der Waals surface area contributed by atoms with Crippen LogP contribution in [-0.2, 0) is 4.52 Å². The third kappa shape index (κ3) is 5.03. The summed E-state index contributed by atoms with van der Waals surface area (Å²) in [5, 5.41) is 8.35. The Kier molecular flexibility index (Phi) is 5.69. The lowest BCUT2D eigenvalue weighted by Crippen LogP contribution is -2.16. The van der Waals surface area contributed by atoms with Crippen LogP contribution in [0.3, 0.4) is 0 Å². The van der Waals surface area contributed by atoms with Gasteiger partial charge in [-0.25, -0.2) is 0 Å². The molecule has 0 aliphatic rings. The molecule has 0 bridgehead atoms. The third-order valence-corrected chi connectivity index (χ3v) is 1.45. The average Bonchev–Trinajstić information content (AvgIpc) is 1.82. The van der Waals surface area contributed by atoms with Gasteiger partial charge in [0, 0.05) is 0 Å². The molecular formula is C3H8ClO4P. The molecule has 0 saturated carbocycles. The molecule has 0 rings (SSSR count). The summed E-state index contributed by atoms with van der Waals surface area (Å²) in [6.07, 6.45) is -0.673. The van der Waals surface area contributed by atoms with E-state index in [0.717, 1.165) is 0 Å². The van der Waals surface area contributed by atoms with Crippen molar-refractivity contribution in [2.45, 2.75) is 6.10 Å². The Morgan fingerprint density at radius 2 is 2.11 bits per heavy atom. The first kappa shape index (κ1) is 9.56. The van der Waals surface area contributed by atoms with Gasteiger partial charge in [-0.15, -0.1) is 11.6 Å². The average molecular weight is 175 g/mol. The molecular weight excluding hydrogens is 166 g/mol. The molecule has 0 aromatic rings. The summed E-state index contributed by atoms with van der Waals surface area (Å²) in [4.78, 5) is 16.4. The minimum atomic E-state index is -2.40. The van der Waals surface area contributed by atoms with Gasteiger partial charge in [0.15, 0.2) is 0 Å². The molecule has 0 heterocycles. The summed E-state index contributed by atoms with van der Waals surface area (Å²) < 4.78 is 4.34. The van der Waals surface area contributed by atoms with E-state index in [9.17, 15) is 0 Å². The Morgan fingerprint density at radius 1 is 1.56 bits per heavy atom. The van der Waals surface area contributed by atoms with Crippen molar-refractivity contribution in [1.29, 1.82) is 0 Å². The van der Waals surface area contributed by atoms with Crippen molar-refractivity contribution in [3.8, 4) is 0 Å². The topological polar surface area (TPSA) is 69.9 Å². The fourth-order valence-corrected chi connectivity index (χ4v) is 0.900. The number of rotatable bonds is 4. The highest BCUT2D eigenvalue weighted by atomic mass is 35.5. The molecule has 3 N–H and O–H groups in total. The summed E-state index contributed by atoms with van der Waals surface area (Å²) in [6.45, 7) is -0.302. The number of aliphatic hydroxyl groups excluding tert-OH is 1. The quantitative estimate of drug-likeness (QED) is 0.408. The van der Waals surface area contributed by atoms with Gasteiger partial charge in [-0.1, -0.05) is 0 Å². The first-order valence-electron chi connectivity index (χ1n) is 2.22. The molecule has 0 aliphatic carbocycles. The summed E-state index contributed by atoms with van der Waals surface area (Å²) in [5.74, 6) is 0.0520. The van der Waals surface area contributed by atoms with Crippen LogP contribution in [0.4, 0.5) is 0 Å². The fourth-order valence-electron chi connectivity index (χ4n) is 0.244. The zero-order valence-corrected chi connectivity index (χ0v) is 6.22. The van der Waals surface area contributed by atoms with E-state index < -0.39 is 14.7 Å². The van der Waals surface area contributed by atoms with Crippen LogP contribution >= 0.6 is 20.2 Å². The highest BCUT2D eigenvalue weighted by Gasteiger charge is 2.10. The molecule has 0 aromatic carbocycles. The zero-order chi connectivity index (χ0) is 7.28. The molecule has 0 amide bonds. The zero-order valence-electron chi connectivity index (χ0n) is 4.57. The van der Waals surface area contributed by atoms with Crippen molar-refractivity contribution in [2.75, 3.05) is 12.5 Å². The van der Waals surface area contributed by atoms with Gasteiger partial charge in [0.2, 0.25) is 0 Å². The van der Waals surface area contributed by atoms with Crippen LogP contribution < -0.4 is 0 Å². The van der Waals surface area contributed by atoms with E-state index in [-0.39, 0.29) is 12.5 Å². The van der Waals surface area contributed by atoms with Crippen molar-refractivity contribution in [1.82, 2.24) is 0 Å². The summed E-state index contributed by atoms with van der Waals surface area (Å²) in [6, 6.07) is 0. The van der Waals surface area contributed by atoms with Crippen molar-refractivity contribution in [3.05, 3.63) is 0 Å². The minimum absolute atomic E-state index is 0.0520. The summed E-state index contributed by atoms with van der Waals surface area (Å²) >= 11 is 5.21. The van der Waals surface area contributed by atoms with E-state index in [1.165, 1.54) is 0 Å². The number of alkyl halides is 1. The van der Waals surface area contributed by atoms with E-state index >= 15 is 0 Å². The second kappa shape index (κ2) is 5.35. The molecule has 56 valence electrons. The Hall–Kier alpha value is 0.560. The van der Waals surface area contributed by atoms with Gasteiger partial charge in [-0.3, -0.25) is 0 Å². The minimum Gasteiger partial charge on any atom is -0.394 e. The maximum Gasteiger partial charge on any atom is 0.327 e. The predicted molar refractivity (Wildman–Crippen MR) is 34.0 cm³/mol. The molecule has 1 atom stereocenters. The second-order valence-electron chi connectivity index (χ2n) is 1.32.